The van der Waals surface area contributed by atoms with Crippen molar-refractivity contribution in [3.63, 3.8) is 0 Å². The van der Waals surface area contributed by atoms with Crippen molar-refractivity contribution in [1.29, 1.82) is 0 Å². The molecular formula is C21H23N3O2S. The van der Waals surface area contributed by atoms with Gasteiger partial charge in [-0.05, 0) is 36.3 Å². The van der Waals surface area contributed by atoms with Crippen molar-refractivity contribution < 1.29 is 4.79 Å². The molecule has 0 saturated heterocycles. The highest BCUT2D eigenvalue weighted by atomic mass is 32.1. The molecule has 2 heterocycles. The second kappa shape index (κ2) is 7.64. The highest BCUT2D eigenvalue weighted by Gasteiger charge is 2.23. The van der Waals surface area contributed by atoms with Crippen LogP contribution in [0.1, 0.15) is 41.6 Å². The summed E-state index contributed by atoms with van der Waals surface area (Å²) in [5.41, 5.74) is 2.19. The molecule has 1 aliphatic carbocycles. The maximum Gasteiger partial charge on any atom is 0.259 e. The van der Waals surface area contributed by atoms with Crippen molar-refractivity contribution in [3.8, 4) is 0 Å². The summed E-state index contributed by atoms with van der Waals surface area (Å²) in [7, 11) is 0. The van der Waals surface area contributed by atoms with Crippen LogP contribution < -0.4 is 10.9 Å². The van der Waals surface area contributed by atoms with Gasteiger partial charge in [-0.25, -0.2) is 4.98 Å². The zero-order valence-electron chi connectivity index (χ0n) is 15.4. The number of amides is 1. The van der Waals surface area contributed by atoms with Crippen molar-refractivity contribution in [2.45, 2.75) is 45.6 Å². The summed E-state index contributed by atoms with van der Waals surface area (Å²) in [6, 6.07) is 9.81. The van der Waals surface area contributed by atoms with Crippen molar-refractivity contribution in [2.75, 3.05) is 0 Å². The van der Waals surface area contributed by atoms with Crippen LogP contribution in [0.4, 0.5) is 0 Å². The molecule has 0 aliphatic heterocycles. The van der Waals surface area contributed by atoms with Gasteiger partial charge in [0.05, 0.1) is 5.39 Å². The number of H-pyrrole nitrogens is 1. The molecule has 3 aromatic rings. The number of hydrogen-bond donors (Lipinski definition) is 2. The lowest BCUT2D eigenvalue weighted by Crippen LogP contribution is -2.23. The number of nitrogens with zero attached hydrogens (tertiary/aromatic N) is 1. The Labute approximate surface area is 161 Å². The third kappa shape index (κ3) is 3.95. The predicted octanol–water partition coefficient (Wildman–Crippen LogP) is 3.36. The van der Waals surface area contributed by atoms with Crippen molar-refractivity contribution in [1.82, 2.24) is 15.3 Å². The average molecular weight is 382 g/mol. The van der Waals surface area contributed by atoms with Crippen LogP contribution in [0.2, 0.25) is 0 Å². The summed E-state index contributed by atoms with van der Waals surface area (Å²) in [5.74, 6) is 1.22. The van der Waals surface area contributed by atoms with Crippen LogP contribution in [0.5, 0.6) is 0 Å². The molecule has 6 heteroatoms. The molecular weight excluding hydrogens is 358 g/mol. The molecule has 2 N–H and O–H groups in total. The fourth-order valence-corrected chi connectivity index (χ4v) is 5.03. The quantitative estimate of drug-likeness (QED) is 0.712. The fraction of sp³-hybridized carbons (Fsp3) is 0.381. The average Bonchev–Trinajstić information content (AvgIpc) is 3.03. The topological polar surface area (TPSA) is 74.8 Å². The first kappa shape index (κ1) is 17.9. The molecule has 2 aromatic heterocycles. The Bertz CT molecular complexity index is 1020. The van der Waals surface area contributed by atoms with E-state index >= 15 is 0 Å². The van der Waals surface area contributed by atoms with Crippen LogP contribution in [-0.4, -0.2) is 15.9 Å². The minimum Gasteiger partial charge on any atom is -0.352 e. The van der Waals surface area contributed by atoms with Gasteiger partial charge in [0, 0.05) is 24.3 Å². The molecule has 0 fully saturated rings. The summed E-state index contributed by atoms with van der Waals surface area (Å²) in [5, 5.41) is 3.67. The molecule has 1 aromatic carbocycles. The Morgan fingerprint density at radius 1 is 1.33 bits per heavy atom. The van der Waals surface area contributed by atoms with E-state index in [1.165, 1.54) is 10.4 Å². The first-order valence-corrected chi connectivity index (χ1v) is 10.3. The minimum atomic E-state index is -0.0632. The van der Waals surface area contributed by atoms with E-state index in [1.54, 1.807) is 11.3 Å². The maximum absolute atomic E-state index is 12.6. The van der Waals surface area contributed by atoms with E-state index in [2.05, 4.69) is 22.2 Å². The lowest BCUT2D eigenvalue weighted by Gasteiger charge is -2.17. The van der Waals surface area contributed by atoms with Crippen LogP contribution in [0.15, 0.2) is 35.1 Å². The SMILES string of the molecule is C[C@@H]1CCc2c(sc3nc(CCC(=O)NCc4ccccc4)[nH]c(=O)c23)C1. The maximum atomic E-state index is 12.6. The van der Waals surface area contributed by atoms with E-state index in [0.717, 1.165) is 35.0 Å². The summed E-state index contributed by atoms with van der Waals surface area (Å²) < 4.78 is 0. The van der Waals surface area contributed by atoms with Gasteiger partial charge >= 0.3 is 0 Å². The molecule has 140 valence electrons. The normalized spacial score (nSPS) is 16.3. The van der Waals surface area contributed by atoms with Crippen LogP contribution >= 0.6 is 11.3 Å². The number of rotatable bonds is 5. The monoisotopic (exact) mass is 381 g/mol. The van der Waals surface area contributed by atoms with Crippen LogP contribution in [0.25, 0.3) is 10.2 Å². The van der Waals surface area contributed by atoms with E-state index in [1.807, 2.05) is 30.3 Å². The number of aromatic amines is 1. The number of carbonyl (C=O) groups is 1. The number of hydrogen-bond acceptors (Lipinski definition) is 4. The van der Waals surface area contributed by atoms with Gasteiger partial charge in [0.25, 0.3) is 5.56 Å². The molecule has 5 nitrogen and oxygen atoms in total. The number of benzene rings is 1. The Hall–Kier alpha value is -2.47. The van der Waals surface area contributed by atoms with Crippen LogP contribution in [0, 0.1) is 5.92 Å². The number of nitrogens with one attached hydrogen (secondary N) is 2. The van der Waals surface area contributed by atoms with Crippen molar-refractivity contribution in [2.24, 2.45) is 5.92 Å². The number of fused-ring (bicyclic) bond motifs is 3. The zero-order chi connectivity index (χ0) is 18.8. The van der Waals surface area contributed by atoms with E-state index in [4.69, 9.17) is 0 Å². The molecule has 0 bridgehead atoms. The van der Waals surface area contributed by atoms with Gasteiger partial charge in [-0.3, -0.25) is 9.59 Å². The molecule has 27 heavy (non-hydrogen) atoms. The number of aromatic nitrogens is 2. The smallest absolute Gasteiger partial charge is 0.259 e. The van der Waals surface area contributed by atoms with Crippen molar-refractivity contribution >= 4 is 27.5 Å². The number of aryl methyl sites for hydroxylation is 2. The molecule has 1 amide bonds. The first-order valence-electron chi connectivity index (χ1n) is 9.44. The van der Waals surface area contributed by atoms with E-state index in [0.29, 0.717) is 31.1 Å². The largest absolute Gasteiger partial charge is 0.352 e. The summed E-state index contributed by atoms with van der Waals surface area (Å²) in [6.45, 7) is 2.77. The molecule has 0 spiro atoms. The molecule has 1 atom stereocenters. The first-order chi connectivity index (χ1) is 13.1. The van der Waals surface area contributed by atoms with E-state index < -0.39 is 0 Å². The van der Waals surface area contributed by atoms with E-state index in [-0.39, 0.29) is 11.5 Å². The van der Waals surface area contributed by atoms with Gasteiger partial charge in [0.2, 0.25) is 5.91 Å². The van der Waals surface area contributed by atoms with Gasteiger partial charge in [-0.1, -0.05) is 37.3 Å². The molecule has 1 aliphatic rings. The van der Waals surface area contributed by atoms with Gasteiger partial charge in [0.1, 0.15) is 10.7 Å². The van der Waals surface area contributed by atoms with E-state index in [9.17, 15) is 9.59 Å². The Kier molecular flexibility index (Phi) is 5.07. The Balaban J connectivity index is 1.43. The number of thiophene rings is 1. The summed E-state index contributed by atoms with van der Waals surface area (Å²) in [6.07, 6.45) is 3.87. The van der Waals surface area contributed by atoms with Crippen LogP contribution in [0.3, 0.4) is 0 Å². The van der Waals surface area contributed by atoms with Gasteiger partial charge in [-0.2, -0.15) is 0 Å². The second-order valence-corrected chi connectivity index (χ2v) is 8.39. The molecule has 0 radical (unpaired) electrons. The Morgan fingerprint density at radius 3 is 2.96 bits per heavy atom. The van der Waals surface area contributed by atoms with Gasteiger partial charge in [0.15, 0.2) is 0 Å². The lowest BCUT2D eigenvalue weighted by atomic mass is 9.89. The third-order valence-corrected chi connectivity index (χ3v) is 6.28. The second-order valence-electron chi connectivity index (χ2n) is 7.31. The summed E-state index contributed by atoms with van der Waals surface area (Å²) >= 11 is 1.64. The Morgan fingerprint density at radius 2 is 2.15 bits per heavy atom. The van der Waals surface area contributed by atoms with Gasteiger partial charge < -0.3 is 10.3 Å². The van der Waals surface area contributed by atoms with Gasteiger partial charge in [-0.15, -0.1) is 11.3 Å². The lowest BCUT2D eigenvalue weighted by molar-refractivity contribution is -0.121. The molecule has 0 saturated carbocycles. The molecule has 0 unspecified atom stereocenters. The standard InChI is InChI=1S/C21H23N3O2S/c1-13-7-8-15-16(11-13)27-21-19(15)20(26)23-17(24-21)9-10-18(25)22-12-14-5-3-2-4-6-14/h2-6,13H,7-12H2,1H3,(H,22,25)(H,23,24,26)/t13-/m1/s1. The van der Waals surface area contributed by atoms with Crippen molar-refractivity contribution in [3.05, 3.63) is 62.5 Å². The third-order valence-electron chi connectivity index (χ3n) is 5.14. The highest BCUT2D eigenvalue weighted by molar-refractivity contribution is 7.18. The zero-order valence-corrected chi connectivity index (χ0v) is 16.2. The highest BCUT2D eigenvalue weighted by Crippen LogP contribution is 2.35. The summed E-state index contributed by atoms with van der Waals surface area (Å²) in [4.78, 5) is 34.3. The molecule has 4 rings (SSSR count). The number of carbonyl (C=O) groups excluding carboxylic acids is 1. The van der Waals surface area contributed by atoms with Crippen LogP contribution in [-0.2, 0) is 30.6 Å². The minimum absolute atomic E-state index is 0.0408. The predicted molar refractivity (Wildman–Crippen MR) is 108 cm³/mol. The fourth-order valence-electron chi connectivity index (χ4n) is 3.63.